The van der Waals surface area contributed by atoms with Gasteiger partial charge in [-0.05, 0) is 54.7 Å². The smallest absolute Gasteiger partial charge is 0.220 e. The number of hydrogen-bond donors (Lipinski definition) is 2. The molecule has 2 atom stereocenters. The SMILES string of the molecule is CC1NCCCC1NC(=O)CCc1cc(Br)cs1.Cl. The Hall–Kier alpha value is -0.100. The van der Waals surface area contributed by atoms with Gasteiger partial charge in [-0.3, -0.25) is 4.79 Å². The molecular formula is C13H20BrClN2OS. The lowest BCUT2D eigenvalue weighted by Crippen LogP contribution is -2.51. The molecule has 0 aliphatic carbocycles. The maximum atomic E-state index is 11.9. The van der Waals surface area contributed by atoms with Gasteiger partial charge in [0.2, 0.25) is 5.91 Å². The topological polar surface area (TPSA) is 41.1 Å². The summed E-state index contributed by atoms with van der Waals surface area (Å²) < 4.78 is 1.10. The van der Waals surface area contributed by atoms with E-state index in [4.69, 9.17) is 0 Å². The van der Waals surface area contributed by atoms with Gasteiger partial charge in [-0.1, -0.05) is 0 Å². The van der Waals surface area contributed by atoms with Crippen molar-refractivity contribution < 1.29 is 4.79 Å². The average Bonchev–Trinajstić information content (AvgIpc) is 2.76. The first kappa shape index (κ1) is 17.0. The van der Waals surface area contributed by atoms with E-state index in [-0.39, 0.29) is 18.3 Å². The van der Waals surface area contributed by atoms with Gasteiger partial charge in [0.25, 0.3) is 0 Å². The molecule has 6 heteroatoms. The van der Waals surface area contributed by atoms with Crippen molar-refractivity contribution in [2.24, 2.45) is 0 Å². The standard InChI is InChI=1S/C13H19BrN2OS.ClH/c1-9-12(3-2-6-15-9)16-13(17)5-4-11-7-10(14)8-18-11;/h7-9,12,15H,2-6H2,1H3,(H,16,17);1H. The molecule has 0 radical (unpaired) electrons. The fourth-order valence-corrected chi connectivity index (χ4v) is 3.70. The summed E-state index contributed by atoms with van der Waals surface area (Å²) >= 11 is 5.13. The summed E-state index contributed by atoms with van der Waals surface area (Å²) in [5.74, 6) is 0.167. The van der Waals surface area contributed by atoms with Gasteiger partial charge in [0.15, 0.2) is 0 Å². The van der Waals surface area contributed by atoms with Crippen LogP contribution < -0.4 is 10.6 Å². The zero-order chi connectivity index (χ0) is 13.0. The van der Waals surface area contributed by atoms with E-state index in [0.29, 0.717) is 18.5 Å². The number of hydrogen-bond acceptors (Lipinski definition) is 3. The number of halogens is 2. The van der Waals surface area contributed by atoms with Gasteiger partial charge in [0.1, 0.15) is 0 Å². The Labute approximate surface area is 133 Å². The van der Waals surface area contributed by atoms with Crippen LogP contribution in [0.5, 0.6) is 0 Å². The maximum Gasteiger partial charge on any atom is 0.220 e. The quantitative estimate of drug-likeness (QED) is 0.858. The molecule has 2 heterocycles. The molecular weight excluding hydrogens is 348 g/mol. The van der Waals surface area contributed by atoms with E-state index in [9.17, 15) is 4.79 Å². The average molecular weight is 368 g/mol. The highest BCUT2D eigenvalue weighted by atomic mass is 79.9. The van der Waals surface area contributed by atoms with Crippen molar-refractivity contribution in [3.63, 3.8) is 0 Å². The molecule has 1 fully saturated rings. The third-order valence-corrected chi connectivity index (χ3v) is 5.09. The highest BCUT2D eigenvalue weighted by Crippen LogP contribution is 2.20. The number of nitrogens with one attached hydrogen (secondary N) is 2. The molecule has 2 unspecified atom stereocenters. The van der Waals surface area contributed by atoms with Gasteiger partial charge in [-0.2, -0.15) is 0 Å². The Morgan fingerprint density at radius 3 is 3.05 bits per heavy atom. The van der Waals surface area contributed by atoms with Crippen LogP contribution in [0.4, 0.5) is 0 Å². The molecule has 1 aliphatic heterocycles. The molecule has 1 aromatic heterocycles. The summed E-state index contributed by atoms with van der Waals surface area (Å²) in [7, 11) is 0. The Balaban J connectivity index is 0.00000180. The van der Waals surface area contributed by atoms with E-state index in [1.54, 1.807) is 11.3 Å². The molecule has 1 amide bonds. The van der Waals surface area contributed by atoms with Crippen LogP contribution in [-0.4, -0.2) is 24.5 Å². The summed E-state index contributed by atoms with van der Waals surface area (Å²) in [4.78, 5) is 13.1. The van der Waals surface area contributed by atoms with E-state index in [0.717, 1.165) is 30.3 Å². The van der Waals surface area contributed by atoms with Crippen LogP contribution in [0.1, 0.15) is 31.1 Å². The lowest BCUT2D eigenvalue weighted by Gasteiger charge is -2.30. The molecule has 3 nitrogen and oxygen atoms in total. The minimum atomic E-state index is 0. The van der Waals surface area contributed by atoms with Crippen molar-refractivity contribution in [2.75, 3.05) is 6.54 Å². The van der Waals surface area contributed by atoms with Crippen molar-refractivity contribution in [1.29, 1.82) is 0 Å². The summed E-state index contributed by atoms with van der Waals surface area (Å²) in [5.41, 5.74) is 0. The van der Waals surface area contributed by atoms with Crippen LogP contribution in [0, 0.1) is 0 Å². The summed E-state index contributed by atoms with van der Waals surface area (Å²) in [5, 5.41) is 8.59. The normalized spacial score (nSPS) is 22.6. The second kappa shape index (κ2) is 8.25. The molecule has 0 saturated carbocycles. The van der Waals surface area contributed by atoms with Crippen LogP contribution in [-0.2, 0) is 11.2 Å². The van der Waals surface area contributed by atoms with Crippen molar-refractivity contribution in [3.8, 4) is 0 Å². The van der Waals surface area contributed by atoms with E-state index in [1.807, 2.05) is 0 Å². The lowest BCUT2D eigenvalue weighted by atomic mass is 10.00. The van der Waals surface area contributed by atoms with Crippen LogP contribution >= 0.6 is 39.7 Å². The summed E-state index contributed by atoms with van der Waals surface area (Å²) in [6.45, 7) is 3.21. The number of thiophene rings is 1. The highest BCUT2D eigenvalue weighted by molar-refractivity contribution is 9.10. The Bertz CT molecular complexity index is 413. The van der Waals surface area contributed by atoms with E-state index < -0.39 is 0 Å². The fourth-order valence-electron chi connectivity index (χ4n) is 2.24. The van der Waals surface area contributed by atoms with Gasteiger partial charge in [-0.15, -0.1) is 23.7 Å². The van der Waals surface area contributed by atoms with Crippen molar-refractivity contribution in [3.05, 3.63) is 20.8 Å². The van der Waals surface area contributed by atoms with Crippen LogP contribution in [0.3, 0.4) is 0 Å². The molecule has 0 bridgehead atoms. The minimum absolute atomic E-state index is 0. The first-order valence-electron chi connectivity index (χ1n) is 6.41. The Morgan fingerprint density at radius 2 is 2.42 bits per heavy atom. The first-order valence-corrected chi connectivity index (χ1v) is 8.08. The number of rotatable bonds is 4. The van der Waals surface area contributed by atoms with Crippen molar-refractivity contribution in [1.82, 2.24) is 10.6 Å². The number of amides is 1. The van der Waals surface area contributed by atoms with E-state index in [2.05, 4.69) is 44.9 Å². The zero-order valence-corrected chi connectivity index (χ0v) is 14.2. The third-order valence-electron chi connectivity index (χ3n) is 3.33. The van der Waals surface area contributed by atoms with Gasteiger partial charge in [0.05, 0.1) is 0 Å². The van der Waals surface area contributed by atoms with Gasteiger partial charge in [0, 0.05) is 33.2 Å². The summed E-state index contributed by atoms with van der Waals surface area (Å²) in [6, 6.07) is 2.77. The van der Waals surface area contributed by atoms with Gasteiger partial charge < -0.3 is 10.6 Å². The molecule has 108 valence electrons. The molecule has 1 aliphatic rings. The number of piperidine rings is 1. The van der Waals surface area contributed by atoms with Gasteiger partial charge >= 0.3 is 0 Å². The van der Waals surface area contributed by atoms with Crippen LogP contribution in [0.15, 0.2) is 15.9 Å². The van der Waals surface area contributed by atoms with E-state index in [1.165, 1.54) is 4.88 Å². The zero-order valence-electron chi connectivity index (χ0n) is 10.9. The second-order valence-corrected chi connectivity index (χ2v) is 6.70. The van der Waals surface area contributed by atoms with Crippen LogP contribution in [0.25, 0.3) is 0 Å². The molecule has 0 spiro atoms. The predicted octanol–water partition coefficient (Wildman–Crippen LogP) is 3.12. The summed E-state index contributed by atoms with van der Waals surface area (Å²) in [6.07, 6.45) is 3.64. The molecule has 1 aromatic rings. The molecule has 19 heavy (non-hydrogen) atoms. The molecule has 0 aromatic carbocycles. The Kier molecular flexibility index (Phi) is 7.36. The van der Waals surface area contributed by atoms with Crippen molar-refractivity contribution in [2.45, 2.75) is 44.7 Å². The number of aryl methyl sites for hydroxylation is 1. The predicted molar refractivity (Wildman–Crippen MR) is 86.2 cm³/mol. The highest BCUT2D eigenvalue weighted by Gasteiger charge is 2.21. The Morgan fingerprint density at radius 1 is 1.63 bits per heavy atom. The third kappa shape index (κ3) is 5.42. The van der Waals surface area contributed by atoms with Crippen LogP contribution in [0.2, 0.25) is 0 Å². The minimum Gasteiger partial charge on any atom is -0.352 e. The number of carbonyl (C=O) groups is 1. The van der Waals surface area contributed by atoms with Gasteiger partial charge in [-0.25, -0.2) is 0 Å². The van der Waals surface area contributed by atoms with Crippen molar-refractivity contribution >= 4 is 45.6 Å². The maximum absolute atomic E-state index is 11.9. The number of carbonyl (C=O) groups excluding carboxylic acids is 1. The second-order valence-electron chi connectivity index (χ2n) is 4.79. The first-order chi connectivity index (χ1) is 8.65. The lowest BCUT2D eigenvalue weighted by molar-refractivity contribution is -0.122. The molecule has 1 saturated heterocycles. The largest absolute Gasteiger partial charge is 0.352 e. The monoisotopic (exact) mass is 366 g/mol. The molecule has 2 rings (SSSR count). The fraction of sp³-hybridized carbons (Fsp3) is 0.615. The van der Waals surface area contributed by atoms with E-state index >= 15 is 0 Å². The molecule has 2 N–H and O–H groups in total.